The van der Waals surface area contributed by atoms with Crippen molar-refractivity contribution in [1.82, 2.24) is 4.57 Å². The van der Waals surface area contributed by atoms with Gasteiger partial charge in [0, 0.05) is 17.9 Å². The van der Waals surface area contributed by atoms with Crippen LogP contribution in [0.5, 0.6) is 5.75 Å². The summed E-state index contributed by atoms with van der Waals surface area (Å²) in [7, 11) is 0. The number of rotatable bonds is 6. The average Bonchev–Trinajstić information content (AvgIpc) is 2.87. The molecule has 0 aliphatic carbocycles. The van der Waals surface area contributed by atoms with Crippen LogP contribution in [-0.4, -0.2) is 16.8 Å². The lowest BCUT2D eigenvalue weighted by atomic mass is 10.1. The van der Waals surface area contributed by atoms with Crippen LogP contribution in [0.3, 0.4) is 0 Å². The van der Waals surface area contributed by atoms with E-state index in [1.54, 1.807) is 6.07 Å². The van der Waals surface area contributed by atoms with E-state index in [9.17, 15) is 23.2 Å². The van der Waals surface area contributed by atoms with E-state index in [1.165, 1.54) is 24.3 Å². The predicted octanol–water partition coefficient (Wildman–Crippen LogP) is 4.96. The minimum atomic E-state index is -4.90. The molecule has 0 bridgehead atoms. The van der Waals surface area contributed by atoms with Gasteiger partial charge < -0.3 is 14.6 Å². The van der Waals surface area contributed by atoms with E-state index in [2.05, 4.69) is 14.6 Å². The topological polar surface area (TPSA) is 67.0 Å². The molecule has 0 atom stereocenters. The lowest BCUT2D eigenvalue weighted by Crippen LogP contribution is -2.20. The molecule has 148 valence electrons. The maximum Gasteiger partial charge on any atom is 0.573 e. The van der Waals surface area contributed by atoms with Crippen molar-refractivity contribution in [3.8, 4) is 11.8 Å². The molecule has 1 aromatic carbocycles. The Kier molecular flexibility index (Phi) is 6.52. The molecule has 5 nitrogen and oxygen atoms in total. The molecule has 0 radical (unpaired) electrons. The molecule has 1 amide bonds. The number of carbonyl (C=O) groups is 1. The molecule has 0 saturated carbocycles. The Morgan fingerprint density at radius 1 is 1.32 bits per heavy atom. The Hall–Kier alpha value is -3.21. The largest absolute Gasteiger partial charge is 0.573 e. The van der Waals surface area contributed by atoms with Crippen molar-refractivity contribution < 1.29 is 22.7 Å². The number of nitriles is 1. The summed E-state index contributed by atoms with van der Waals surface area (Å²) in [5.74, 6) is -1.37. The molecule has 0 fully saturated rings. The first kappa shape index (κ1) is 21.1. The van der Waals surface area contributed by atoms with Crippen molar-refractivity contribution in [3.63, 3.8) is 0 Å². The zero-order valence-electron chi connectivity index (χ0n) is 15.7. The van der Waals surface area contributed by atoms with E-state index in [1.807, 2.05) is 26.8 Å². The van der Waals surface area contributed by atoms with Crippen LogP contribution in [0.1, 0.15) is 30.3 Å². The number of para-hydroxylation sites is 2. The quantitative estimate of drug-likeness (QED) is 0.559. The van der Waals surface area contributed by atoms with Crippen LogP contribution in [-0.2, 0) is 11.3 Å². The molecule has 28 heavy (non-hydrogen) atoms. The van der Waals surface area contributed by atoms with Crippen LogP contribution >= 0.6 is 0 Å². The number of alkyl halides is 3. The predicted molar refractivity (Wildman–Crippen MR) is 99.5 cm³/mol. The van der Waals surface area contributed by atoms with E-state index < -0.39 is 18.0 Å². The molecule has 0 aliphatic heterocycles. The number of nitrogens with one attached hydrogen (secondary N) is 1. The summed E-state index contributed by atoms with van der Waals surface area (Å²) >= 11 is 0. The van der Waals surface area contributed by atoms with Crippen LogP contribution < -0.4 is 10.1 Å². The van der Waals surface area contributed by atoms with Crippen LogP contribution in [0.4, 0.5) is 18.9 Å². The second-order valence-electron chi connectivity index (χ2n) is 6.15. The Bertz CT molecular complexity index is 937. The monoisotopic (exact) mass is 391 g/mol. The maximum atomic E-state index is 12.5. The fourth-order valence-corrected chi connectivity index (χ4v) is 2.82. The van der Waals surface area contributed by atoms with Gasteiger partial charge in [0.1, 0.15) is 11.6 Å². The fraction of sp³-hybridized carbons (Fsp3) is 0.300. The molecule has 0 saturated heterocycles. The van der Waals surface area contributed by atoms with E-state index in [0.29, 0.717) is 5.56 Å². The van der Waals surface area contributed by atoms with Crippen molar-refractivity contribution in [1.29, 1.82) is 5.26 Å². The molecular weight excluding hydrogens is 371 g/mol. The number of hydrogen-bond acceptors (Lipinski definition) is 3. The first-order valence-electron chi connectivity index (χ1n) is 8.61. The third-order valence-electron chi connectivity index (χ3n) is 4.09. The summed E-state index contributed by atoms with van der Waals surface area (Å²) in [5, 5.41) is 11.7. The molecule has 8 heteroatoms. The summed E-state index contributed by atoms with van der Waals surface area (Å²) in [6.07, 6.45) is -2.54. The normalized spacial score (nSPS) is 11.8. The van der Waals surface area contributed by atoms with Crippen molar-refractivity contribution in [2.45, 2.75) is 40.1 Å². The second kappa shape index (κ2) is 8.65. The van der Waals surface area contributed by atoms with E-state index in [4.69, 9.17) is 0 Å². The SMILES string of the molecule is CCCn1c(C)cc(/C=C(\C#N)C(=O)Nc2ccccc2OC(F)(F)F)c1C. The maximum absolute atomic E-state index is 12.5. The molecule has 2 aromatic rings. The number of aromatic nitrogens is 1. The number of amides is 1. The third-order valence-corrected chi connectivity index (χ3v) is 4.09. The van der Waals surface area contributed by atoms with E-state index >= 15 is 0 Å². The van der Waals surface area contributed by atoms with Crippen molar-refractivity contribution >= 4 is 17.7 Å². The molecule has 1 aromatic heterocycles. The van der Waals surface area contributed by atoms with Gasteiger partial charge in [-0.3, -0.25) is 4.79 Å². The smallest absolute Gasteiger partial charge is 0.404 e. The summed E-state index contributed by atoms with van der Waals surface area (Å²) in [4.78, 5) is 12.4. The number of halogens is 3. The van der Waals surface area contributed by atoms with Gasteiger partial charge in [0.25, 0.3) is 5.91 Å². The van der Waals surface area contributed by atoms with Crippen molar-refractivity contribution in [2.24, 2.45) is 0 Å². The van der Waals surface area contributed by atoms with Gasteiger partial charge in [0.15, 0.2) is 5.75 Å². The number of anilines is 1. The third kappa shape index (κ3) is 5.16. The van der Waals surface area contributed by atoms with Crippen LogP contribution in [0, 0.1) is 25.2 Å². The number of benzene rings is 1. The molecule has 0 unspecified atom stereocenters. The number of carbonyl (C=O) groups excluding carboxylic acids is 1. The highest BCUT2D eigenvalue weighted by Crippen LogP contribution is 2.30. The summed E-state index contributed by atoms with van der Waals surface area (Å²) in [5.41, 5.74) is 2.20. The number of hydrogen-bond donors (Lipinski definition) is 1. The first-order chi connectivity index (χ1) is 13.2. The van der Waals surface area contributed by atoms with E-state index in [-0.39, 0.29) is 11.3 Å². The van der Waals surface area contributed by atoms with Crippen LogP contribution in [0.25, 0.3) is 6.08 Å². The standard InChI is InChI=1S/C20H20F3N3O2/c1-4-9-26-13(2)10-15(14(26)3)11-16(12-24)19(27)25-17-7-5-6-8-18(17)28-20(21,22)23/h5-8,10-11H,4,9H2,1-3H3,(H,25,27)/b16-11+. The first-order valence-corrected chi connectivity index (χ1v) is 8.61. The van der Waals surface area contributed by atoms with Gasteiger partial charge in [-0.1, -0.05) is 19.1 Å². The van der Waals surface area contributed by atoms with Gasteiger partial charge in [-0.05, 0) is 50.1 Å². The highest BCUT2D eigenvalue weighted by molar-refractivity contribution is 6.10. The van der Waals surface area contributed by atoms with E-state index in [0.717, 1.165) is 30.4 Å². The number of nitrogens with zero attached hydrogens (tertiary/aromatic N) is 2. The highest BCUT2D eigenvalue weighted by atomic mass is 19.4. The van der Waals surface area contributed by atoms with Crippen molar-refractivity contribution in [3.05, 3.63) is 52.9 Å². The molecule has 1 N–H and O–H groups in total. The lowest BCUT2D eigenvalue weighted by Gasteiger charge is -2.13. The summed E-state index contributed by atoms with van der Waals surface area (Å²) < 4.78 is 43.5. The number of ether oxygens (including phenoxy) is 1. The Morgan fingerprint density at radius 2 is 2.00 bits per heavy atom. The minimum Gasteiger partial charge on any atom is -0.404 e. The van der Waals surface area contributed by atoms with Gasteiger partial charge in [-0.15, -0.1) is 13.2 Å². The van der Waals surface area contributed by atoms with Gasteiger partial charge in [0.2, 0.25) is 0 Å². The molecular formula is C20H20F3N3O2. The second-order valence-corrected chi connectivity index (χ2v) is 6.15. The summed E-state index contributed by atoms with van der Waals surface area (Å²) in [6.45, 7) is 6.66. The molecule has 0 aliphatic rings. The Morgan fingerprint density at radius 3 is 2.61 bits per heavy atom. The minimum absolute atomic E-state index is 0.178. The molecule has 1 heterocycles. The van der Waals surface area contributed by atoms with Crippen LogP contribution in [0.15, 0.2) is 35.9 Å². The molecule has 2 rings (SSSR count). The molecule has 0 spiro atoms. The fourth-order valence-electron chi connectivity index (χ4n) is 2.82. The van der Waals surface area contributed by atoms with Crippen molar-refractivity contribution in [2.75, 3.05) is 5.32 Å². The van der Waals surface area contributed by atoms with Gasteiger partial charge in [-0.2, -0.15) is 5.26 Å². The summed E-state index contributed by atoms with van der Waals surface area (Å²) in [6, 6.07) is 8.80. The zero-order valence-corrected chi connectivity index (χ0v) is 15.7. The van der Waals surface area contributed by atoms with Gasteiger partial charge >= 0.3 is 6.36 Å². The number of aryl methyl sites for hydroxylation is 1. The Labute approximate surface area is 161 Å². The van der Waals surface area contributed by atoms with Crippen LogP contribution in [0.2, 0.25) is 0 Å². The van der Waals surface area contributed by atoms with Gasteiger partial charge in [0.05, 0.1) is 5.69 Å². The Balaban J connectivity index is 2.30. The average molecular weight is 391 g/mol. The lowest BCUT2D eigenvalue weighted by molar-refractivity contribution is -0.274. The highest BCUT2D eigenvalue weighted by Gasteiger charge is 2.32. The van der Waals surface area contributed by atoms with Gasteiger partial charge in [-0.25, -0.2) is 0 Å². The zero-order chi connectivity index (χ0) is 20.9.